The molecular weight excluding hydrogens is 1150 g/mol. The van der Waals surface area contributed by atoms with Gasteiger partial charge in [0.2, 0.25) is 0 Å². The van der Waals surface area contributed by atoms with E-state index in [1.54, 1.807) is 0 Å². The lowest BCUT2D eigenvalue weighted by molar-refractivity contribution is -0.870. The smallest absolute Gasteiger partial charge is 0.306 e. The molecule has 0 saturated carbocycles. The zero-order valence-corrected chi connectivity index (χ0v) is 60.3. The third kappa shape index (κ3) is 74.2. The Labute approximate surface area is 572 Å². The highest BCUT2D eigenvalue weighted by atomic mass is 16.7. The molecule has 0 N–H and O–H groups in total. The number of carboxylic acids is 1. The molecule has 0 aromatic carbocycles. The Morgan fingerprint density at radius 3 is 0.860 bits per heavy atom. The highest BCUT2D eigenvalue weighted by Crippen LogP contribution is 2.17. The van der Waals surface area contributed by atoms with Gasteiger partial charge in [-0.1, -0.05) is 320 Å². The lowest BCUT2D eigenvalue weighted by Crippen LogP contribution is -2.44. The molecule has 0 spiro atoms. The van der Waals surface area contributed by atoms with Crippen LogP contribution in [0.2, 0.25) is 0 Å². The van der Waals surface area contributed by atoms with Crippen LogP contribution in [0, 0.1) is 0 Å². The number of carbonyl (C=O) groups is 3. The number of aliphatic carboxylic acids is 1. The second kappa shape index (κ2) is 72.7. The fraction of sp³-hybridized carbons (Fsp3) is 0.655. The van der Waals surface area contributed by atoms with Gasteiger partial charge in [-0.25, -0.2) is 0 Å². The average Bonchev–Trinajstić information content (AvgIpc) is 3.73. The molecule has 0 saturated heterocycles. The Hall–Kier alpha value is -5.09. The largest absolute Gasteiger partial charge is 0.545 e. The molecule has 9 nitrogen and oxygen atoms in total. The van der Waals surface area contributed by atoms with Crippen molar-refractivity contribution < 1.29 is 42.9 Å². The van der Waals surface area contributed by atoms with Crippen LogP contribution in [0.15, 0.2) is 158 Å². The van der Waals surface area contributed by atoms with Gasteiger partial charge in [0.15, 0.2) is 12.4 Å². The molecule has 0 heterocycles. The standard InChI is InChI=1S/C84H139NO8/c1-6-8-10-12-14-16-18-20-22-24-26-28-30-32-34-36-38-39-40-41-42-43-45-47-49-51-53-55-57-59-61-63-65-67-69-71-73-75-82(87)93-80(79-92-84(83(88)89)90-77-76-85(3,4)5)78-91-81(86)74-72-70-68-66-64-62-60-58-56-54-52-50-48-46-44-37-35-33-31-29-27-25-23-21-19-17-15-13-11-9-7-2/h8-11,14-17,20-23,26-29,32,34,38-39,41-42,45,47,51,53,80,84H,6-7,12-13,18-19,24-25,30-31,33,35-37,40,43-44,46,48-50,52,54-79H2,1-5H3/b10-8-,11-9-,16-14-,17-15-,22-20-,23-21-,28-26-,29-27-,34-32-,39-38-,42-41-,47-45-,53-51-. The lowest BCUT2D eigenvalue weighted by atomic mass is 10.0. The van der Waals surface area contributed by atoms with E-state index in [-0.39, 0.29) is 38.6 Å². The van der Waals surface area contributed by atoms with Crippen molar-refractivity contribution in [2.75, 3.05) is 47.5 Å². The van der Waals surface area contributed by atoms with E-state index < -0.39 is 24.3 Å². The van der Waals surface area contributed by atoms with Crippen LogP contribution >= 0.6 is 0 Å². The third-order valence-electron chi connectivity index (χ3n) is 15.8. The van der Waals surface area contributed by atoms with Crippen molar-refractivity contribution in [3.8, 4) is 0 Å². The van der Waals surface area contributed by atoms with Crippen molar-refractivity contribution in [3.05, 3.63) is 158 Å². The molecule has 0 aliphatic heterocycles. The summed E-state index contributed by atoms with van der Waals surface area (Å²) in [7, 11) is 5.93. The van der Waals surface area contributed by atoms with Crippen LogP contribution in [-0.2, 0) is 33.3 Å². The van der Waals surface area contributed by atoms with E-state index in [4.69, 9.17) is 18.9 Å². The quantitative estimate of drug-likeness (QED) is 0.0195. The number of likely N-dealkylation sites (N-methyl/N-ethyl adjacent to an activating group) is 1. The van der Waals surface area contributed by atoms with Crippen molar-refractivity contribution in [1.29, 1.82) is 0 Å². The predicted octanol–water partition coefficient (Wildman–Crippen LogP) is 22.7. The fourth-order valence-electron chi connectivity index (χ4n) is 10.1. The van der Waals surface area contributed by atoms with E-state index in [9.17, 15) is 19.5 Å². The Balaban J connectivity index is 4.13. The Kier molecular flexibility index (Phi) is 68.8. The van der Waals surface area contributed by atoms with Crippen LogP contribution < -0.4 is 5.11 Å². The average molecular weight is 1290 g/mol. The van der Waals surface area contributed by atoms with Crippen LogP contribution in [0.1, 0.15) is 296 Å². The number of quaternary nitrogens is 1. The highest BCUT2D eigenvalue weighted by molar-refractivity contribution is 5.70. The Bertz CT molecular complexity index is 2090. The monoisotopic (exact) mass is 1290 g/mol. The second-order valence-corrected chi connectivity index (χ2v) is 25.8. The van der Waals surface area contributed by atoms with E-state index in [1.165, 1.54) is 135 Å². The molecule has 0 bridgehead atoms. The lowest BCUT2D eigenvalue weighted by Gasteiger charge is -2.26. The summed E-state index contributed by atoms with van der Waals surface area (Å²) in [5.74, 6) is -2.29. The molecule has 528 valence electrons. The normalized spacial score (nSPS) is 13.6. The van der Waals surface area contributed by atoms with Gasteiger partial charge in [0, 0.05) is 12.8 Å². The molecule has 0 aromatic rings. The number of carbonyl (C=O) groups excluding carboxylic acids is 3. The number of allylic oxidation sites excluding steroid dienone is 26. The number of rotatable bonds is 68. The van der Waals surface area contributed by atoms with Crippen molar-refractivity contribution >= 4 is 17.9 Å². The van der Waals surface area contributed by atoms with Crippen LogP contribution in [0.3, 0.4) is 0 Å². The van der Waals surface area contributed by atoms with Crippen LogP contribution in [0.25, 0.3) is 0 Å². The van der Waals surface area contributed by atoms with Gasteiger partial charge in [-0.05, 0) is 122 Å². The maximum atomic E-state index is 13.0. The van der Waals surface area contributed by atoms with Crippen LogP contribution in [0.4, 0.5) is 0 Å². The van der Waals surface area contributed by atoms with Crippen molar-refractivity contribution in [2.24, 2.45) is 0 Å². The third-order valence-corrected chi connectivity index (χ3v) is 15.8. The molecule has 0 amide bonds. The molecule has 2 unspecified atom stereocenters. The summed E-state index contributed by atoms with van der Waals surface area (Å²) in [6.45, 7) is 4.52. The Morgan fingerprint density at radius 2 is 0.581 bits per heavy atom. The molecular formula is C84H139NO8. The molecule has 2 atom stereocenters. The molecule has 0 aliphatic rings. The number of unbranched alkanes of at least 4 members (excludes halogenated alkanes) is 27. The first kappa shape index (κ1) is 87.9. The van der Waals surface area contributed by atoms with Crippen molar-refractivity contribution in [3.63, 3.8) is 0 Å². The minimum atomic E-state index is -1.63. The van der Waals surface area contributed by atoms with E-state index in [2.05, 4.69) is 172 Å². The van der Waals surface area contributed by atoms with E-state index in [1.807, 2.05) is 21.1 Å². The zero-order valence-electron chi connectivity index (χ0n) is 60.3. The maximum Gasteiger partial charge on any atom is 0.306 e. The molecule has 9 heteroatoms. The van der Waals surface area contributed by atoms with E-state index >= 15 is 0 Å². The van der Waals surface area contributed by atoms with E-state index in [0.717, 1.165) is 128 Å². The molecule has 93 heavy (non-hydrogen) atoms. The van der Waals surface area contributed by atoms with Crippen molar-refractivity contribution in [2.45, 2.75) is 309 Å². The van der Waals surface area contributed by atoms with Gasteiger partial charge in [-0.2, -0.15) is 0 Å². The number of hydrogen-bond acceptors (Lipinski definition) is 8. The maximum absolute atomic E-state index is 13.0. The molecule has 0 radical (unpaired) electrons. The second-order valence-electron chi connectivity index (χ2n) is 25.8. The first-order valence-electron chi connectivity index (χ1n) is 37.6. The van der Waals surface area contributed by atoms with Gasteiger partial charge in [-0.15, -0.1) is 0 Å². The van der Waals surface area contributed by atoms with E-state index in [0.29, 0.717) is 17.4 Å². The number of hydrogen-bond donors (Lipinski definition) is 0. The summed E-state index contributed by atoms with van der Waals surface area (Å²) in [6, 6.07) is 0. The summed E-state index contributed by atoms with van der Waals surface area (Å²) in [6.07, 6.45) is 105. The minimum Gasteiger partial charge on any atom is -0.545 e. The summed E-state index contributed by atoms with van der Waals surface area (Å²) < 4.78 is 22.8. The van der Waals surface area contributed by atoms with Gasteiger partial charge in [0.25, 0.3) is 0 Å². The molecule has 0 fully saturated rings. The van der Waals surface area contributed by atoms with Gasteiger partial charge in [-0.3, -0.25) is 9.59 Å². The molecule has 0 rings (SSSR count). The number of ether oxygens (including phenoxy) is 4. The first-order valence-corrected chi connectivity index (χ1v) is 37.6. The van der Waals surface area contributed by atoms with Gasteiger partial charge < -0.3 is 33.3 Å². The zero-order chi connectivity index (χ0) is 67.5. The number of esters is 2. The first-order chi connectivity index (χ1) is 45.6. The summed E-state index contributed by atoms with van der Waals surface area (Å²) in [4.78, 5) is 37.6. The predicted molar refractivity (Wildman–Crippen MR) is 398 cm³/mol. The van der Waals surface area contributed by atoms with Gasteiger partial charge in [0.1, 0.15) is 13.2 Å². The number of nitrogens with zero attached hydrogens (tertiary/aromatic N) is 1. The summed E-state index contributed by atoms with van der Waals surface area (Å²) >= 11 is 0. The highest BCUT2D eigenvalue weighted by Gasteiger charge is 2.22. The minimum absolute atomic E-state index is 0.140. The summed E-state index contributed by atoms with van der Waals surface area (Å²) in [5.41, 5.74) is 0. The molecule has 0 aromatic heterocycles. The van der Waals surface area contributed by atoms with Crippen LogP contribution in [-0.4, -0.2) is 82.3 Å². The van der Waals surface area contributed by atoms with Gasteiger partial charge in [0.05, 0.1) is 40.3 Å². The van der Waals surface area contributed by atoms with Gasteiger partial charge >= 0.3 is 11.9 Å². The number of carboxylic acid groups (broad SMARTS) is 1. The van der Waals surface area contributed by atoms with Crippen LogP contribution in [0.5, 0.6) is 0 Å². The molecule has 0 aliphatic carbocycles. The Morgan fingerprint density at radius 1 is 0.323 bits per heavy atom. The van der Waals surface area contributed by atoms with Crippen molar-refractivity contribution in [1.82, 2.24) is 0 Å². The topological polar surface area (TPSA) is 111 Å². The summed E-state index contributed by atoms with van der Waals surface area (Å²) in [5, 5.41) is 11.9. The fourth-order valence-corrected chi connectivity index (χ4v) is 10.1. The SMILES string of the molecule is CC/C=C\C/C=C\C/C=C\C/C=C\C/C=C\C/C=C\C/C=C\C/C=C\C/C=C\CCCCCCCCCCCC(=O)OC(COC(=O)CCCCCCCCCCCCCCCCCCCC/C=C\C/C=C\C/C=C\C/C=C\CC)COC(OCC[N+](C)(C)C)C(=O)[O-].